The van der Waals surface area contributed by atoms with Gasteiger partial charge in [-0.25, -0.2) is 12.7 Å². The zero-order chi connectivity index (χ0) is 21.6. The van der Waals surface area contributed by atoms with Crippen LogP contribution in [-0.2, 0) is 21.4 Å². The van der Waals surface area contributed by atoms with Crippen molar-refractivity contribution in [2.75, 3.05) is 25.9 Å². The Balaban J connectivity index is 1.60. The number of carbonyl (C=O) groups excluding carboxylic acids is 2. The van der Waals surface area contributed by atoms with Crippen molar-refractivity contribution in [2.45, 2.75) is 58.2 Å². The van der Waals surface area contributed by atoms with Crippen LogP contribution in [0.15, 0.2) is 16.7 Å². The van der Waals surface area contributed by atoms with E-state index in [1.165, 1.54) is 6.42 Å². The summed E-state index contributed by atoms with van der Waals surface area (Å²) in [7, 11) is -3.68. The smallest absolute Gasteiger partial charge is 0.257 e. The minimum absolute atomic E-state index is 0.0673. The van der Waals surface area contributed by atoms with E-state index < -0.39 is 28.0 Å². The lowest BCUT2D eigenvalue weighted by Crippen LogP contribution is -2.44. The topological polar surface area (TPSA) is 91.1 Å². The van der Waals surface area contributed by atoms with Crippen molar-refractivity contribution in [3.05, 3.63) is 23.7 Å². The lowest BCUT2D eigenvalue weighted by Gasteiger charge is -2.30. The summed E-state index contributed by atoms with van der Waals surface area (Å²) in [5.41, 5.74) is 0.522. The standard InChI is InChI=1S/C21H31N3O5S/c1-14(2)18-19-16(24(21(18)26)30(3,27)28)7-11-23(19)20(25)15-8-12-29-17(15)13-22-9-5-4-6-10-22/h8,12,14,16,18-19H,4-7,9-11,13H2,1-3H3/t16-,18+,19-/m0/s1. The van der Waals surface area contributed by atoms with Gasteiger partial charge in [-0.3, -0.25) is 14.5 Å². The molecule has 1 aromatic heterocycles. The highest BCUT2D eigenvalue weighted by atomic mass is 32.2. The van der Waals surface area contributed by atoms with Crippen LogP contribution >= 0.6 is 0 Å². The van der Waals surface area contributed by atoms with Crippen molar-refractivity contribution >= 4 is 21.8 Å². The summed E-state index contributed by atoms with van der Waals surface area (Å²) in [6, 6.07) is 0.781. The first-order valence-corrected chi connectivity index (χ1v) is 12.7. The highest BCUT2D eigenvalue weighted by molar-refractivity contribution is 7.88. The van der Waals surface area contributed by atoms with Gasteiger partial charge in [0.2, 0.25) is 15.9 Å². The van der Waals surface area contributed by atoms with Gasteiger partial charge in [0.25, 0.3) is 5.91 Å². The molecule has 1 aromatic rings. The molecule has 3 atom stereocenters. The molecule has 9 heteroatoms. The minimum Gasteiger partial charge on any atom is -0.467 e. The van der Waals surface area contributed by atoms with E-state index in [4.69, 9.17) is 4.42 Å². The molecule has 166 valence electrons. The zero-order valence-corrected chi connectivity index (χ0v) is 18.7. The average Bonchev–Trinajstić information content (AvgIpc) is 3.35. The van der Waals surface area contributed by atoms with Crippen molar-refractivity contribution in [2.24, 2.45) is 11.8 Å². The predicted octanol–water partition coefficient (Wildman–Crippen LogP) is 1.92. The normalized spacial score (nSPS) is 27.9. The van der Waals surface area contributed by atoms with E-state index in [1.807, 2.05) is 13.8 Å². The van der Waals surface area contributed by atoms with Crippen molar-refractivity contribution in [1.29, 1.82) is 0 Å². The summed E-state index contributed by atoms with van der Waals surface area (Å²) in [4.78, 5) is 30.5. The highest BCUT2D eigenvalue weighted by Crippen LogP contribution is 2.42. The average molecular weight is 438 g/mol. The first-order valence-electron chi connectivity index (χ1n) is 10.8. The first kappa shape index (κ1) is 21.4. The SMILES string of the molecule is CC(C)[C@H]1C(=O)N(S(C)(=O)=O)[C@H]2CCN(C(=O)c3ccoc3CN3CCCCC3)[C@H]12. The van der Waals surface area contributed by atoms with E-state index >= 15 is 0 Å². The number of hydrogen-bond donors (Lipinski definition) is 0. The Bertz CT molecular complexity index is 919. The van der Waals surface area contributed by atoms with E-state index in [0.29, 0.717) is 30.8 Å². The second kappa shape index (κ2) is 8.00. The minimum atomic E-state index is -3.68. The van der Waals surface area contributed by atoms with Gasteiger partial charge < -0.3 is 9.32 Å². The predicted molar refractivity (Wildman–Crippen MR) is 111 cm³/mol. The number of amides is 2. The van der Waals surface area contributed by atoms with E-state index in [9.17, 15) is 18.0 Å². The van der Waals surface area contributed by atoms with Gasteiger partial charge in [-0.05, 0) is 44.3 Å². The number of likely N-dealkylation sites (tertiary alicyclic amines) is 2. The van der Waals surface area contributed by atoms with Crippen LogP contribution < -0.4 is 0 Å². The van der Waals surface area contributed by atoms with Gasteiger partial charge in [0, 0.05) is 6.54 Å². The highest BCUT2D eigenvalue weighted by Gasteiger charge is 2.58. The first-order chi connectivity index (χ1) is 14.2. The lowest BCUT2D eigenvalue weighted by atomic mass is 9.88. The van der Waals surface area contributed by atoms with Crippen LogP contribution in [0.4, 0.5) is 0 Å². The van der Waals surface area contributed by atoms with Crippen LogP contribution in [0.2, 0.25) is 0 Å². The summed E-state index contributed by atoms with van der Waals surface area (Å²) in [6.07, 6.45) is 6.62. The van der Waals surface area contributed by atoms with Gasteiger partial charge in [-0.2, -0.15) is 0 Å². The molecule has 0 N–H and O–H groups in total. The van der Waals surface area contributed by atoms with Gasteiger partial charge in [0.1, 0.15) is 5.76 Å². The Kier molecular flexibility index (Phi) is 5.69. The summed E-state index contributed by atoms with van der Waals surface area (Å²) in [5.74, 6) is -0.496. The molecule has 3 aliphatic heterocycles. The second-order valence-corrected chi connectivity index (χ2v) is 11.0. The molecule has 3 saturated heterocycles. The molecule has 0 radical (unpaired) electrons. The Morgan fingerprint density at radius 3 is 2.53 bits per heavy atom. The van der Waals surface area contributed by atoms with Crippen LogP contribution in [0.3, 0.4) is 0 Å². The number of furan rings is 1. The molecule has 0 spiro atoms. The number of piperidine rings is 1. The molecule has 0 aromatic carbocycles. The van der Waals surface area contributed by atoms with Crippen molar-refractivity contribution in [3.63, 3.8) is 0 Å². The molecule has 0 bridgehead atoms. The monoisotopic (exact) mass is 437 g/mol. The van der Waals surface area contributed by atoms with Crippen LogP contribution in [0.1, 0.15) is 55.6 Å². The molecule has 4 heterocycles. The number of carbonyl (C=O) groups is 2. The number of sulfonamides is 1. The maximum absolute atomic E-state index is 13.5. The molecule has 3 fully saturated rings. The van der Waals surface area contributed by atoms with E-state index in [-0.39, 0.29) is 17.7 Å². The zero-order valence-electron chi connectivity index (χ0n) is 17.9. The summed E-state index contributed by atoms with van der Waals surface area (Å²) >= 11 is 0. The third-order valence-corrected chi connectivity index (χ3v) is 7.88. The quantitative estimate of drug-likeness (QED) is 0.699. The van der Waals surface area contributed by atoms with E-state index in [2.05, 4.69) is 4.90 Å². The molecule has 2 amide bonds. The van der Waals surface area contributed by atoms with Crippen LogP contribution in [0.25, 0.3) is 0 Å². The fourth-order valence-corrected chi connectivity index (χ4v) is 6.57. The lowest BCUT2D eigenvalue weighted by molar-refractivity contribution is -0.129. The molecular weight excluding hydrogens is 406 g/mol. The Labute approximate surface area is 178 Å². The van der Waals surface area contributed by atoms with Crippen molar-refractivity contribution in [3.8, 4) is 0 Å². The molecular formula is C21H31N3O5S. The number of fused-ring (bicyclic) bond motifs is 1. The molecule has 0 saturated carbocycles. The second-order valence-electron chi connectivity index (χ2n) is 9.11. The van der Waals surface area contributed by atoms with Crippen LogP contribution in [-0.4, -0.2) is 72.3 Å². The molecule has 0 unspecified atom stereocenters. The summed E-state index contributed by atoms with van der Waals surface area (Å²) in [5, 5.41) is 0. The van der Waals surface area contributed by atoms with Gasteiger partial charge in [0.05, 0.1) is 42.6 Å². The fourth-order valence-electron chi connectivity index (χ4n) is 5.40. The molecule has 8 nitrogen and oxygen atoms in total. The maximum atomic E-state index is 13.5. The van der Waals surface area contributed by atoms with Crippen molar-refractivity contribution < 1.29 is 22.4 Å². The Morgan fingerprint density at radius 1 is 1.20 bits per heavy atom. The third kappa shape index (κ3) is 3.66. The maximum Gasteiger partial charge on any atom is 0.257 e. The van der Waals surface area contributed by atoms with E-state index in [0.717, 1.165) is 36.5 Å². The number of nitrogens with zero attached hydrogens (tertiary/aromatic N) is 3. The van der Waals surface area contributed by atoms with Gasteiger partial charge in [-0.1, -0.05) is 20.3 Å². The Morgan fingerprint density at radius 2 is 1.90 bits per heavy atom. The summed E-state index contributed by atoms with van der Waals surface area (Å²) in [6.45, 7) is 6.84. The van der Waals surface area contributed by atoms with Crippen LogP contribution in [0, 0.1) is 11.8 Å². The van der Waals surface area contributed by atoms with Gasteiger partial charge in [0.15, 0.2) is 0 Å². The number of rotatable bonds is 5. The summed E-state index contributed by atoms with van der Waals surface area (Å²) < 4.78 is 31.3. The van der Waals surface area contributed by atoms with Crippen LogP contribution in [0.5, 0.6) is 0 Å². The molecule has 4 rings (SSSR count). The molecule has 30 heavy (non-hydrogen) atoms. The van der Waals surface area contributed by atoms with Gasteiger partial charge in [-0.15, -0.1) is 0 Å². The molecule has 3 aliphatic rings. The number of hydrogen-bond acceptors (Lipinski definition) is 6. The fraction of sp³-hybridized carbons (Fsp3) is 0.714. The van der Waals surface area contributed by atoms with Gasteiger partial charge >= 0.3 is 0 Å². The van der Waals surface area contributed by atoms with Crippen molar-refractivity contribution in [1.82, 2.24) is 14.1 Å². The van der Waals surface area contributed by atoms with E-state index in [1.54, 1.807) is 17.2 Å². The molecule has 0 aliphatic carbocycles. The third-order valence-electron chi connectivity index (χ3n) is 6.72. The Hall–Kier alpha value is -1.87. The largest absolute Gasteiger partial charge is 0.467 e.